The van der Waals surface area contributed by atoms with Gasteiger partial charge in [-0.2, -0.15) is 0 Å². The molecule has 1 aromatic carbocycles. The third-order valence-corrected chi connectivity index (χ3v) is 4.66. The lowest BCUT2D eigenvalue weighted by molar-refractivity contribution is -0.140. The molecule has 7 nitrogen and oxygen atoms in total. The normalized spacial score (nSPS) is 12.3. The quantitative estimate of drug-likeness (QED) is 0.680. The van der Waals surface area contributed by atoms with E-state index in [1.807, 2.05) is 51.1 Å². The van der Waals surface area contributed by atoms with Gasteiger partial charge in [0.1, 0.15) is 11.5 Å². The molecule has 0 aliphatic carbocycles. The van der Waals surface area contributed by atoms with Crippen LogP contribution in [0.4, 0.5) is 0 Å². The van der Waals surface area contributed by atoms with Gasteiger partial charge in [-0.05, 0) is 42.7 Å². The average Bonchev–Trinajstić information content (AvgIpc) is 3.28. The van der Waals surface area contributed by atoms with Crippen molar-refractivity contribution < 1.29 is 23.5 Å². The molecule has 0 radical (unpaired) electrons. The molecule has 2 heterocycles. The maximum atomic E-state index is 13.1. The van der Waals surface area contributed by atoms with Crippen molar-refractivity contribution >= 4 is 11.8 Å². The topological polar surface area (TPSA) is 72.2 Å². The number of fused-ring (bicyclic) bond motifs is 1. The van der Waals surface area contributed by atoms with E-state index in [4.69, 9.17) is 13.9 Å². The molecule has 29 heavy (non-hydrogen) atoms. The Balaban J connectivity index is 1.78. The van der Waals surface area contributed by atoms with Crippen LogP contribution >= 0.6 is 0 Å². The van der Waals surface area contributed by atoms with Gasteiger partial charge < -0.3 is 23.7 Å². The molecule has 2 aromatic rings. The van der Waals surface area contributed by atoms with Crippen molar-refractivity contribution in [2.45, 2.75) is 40.8 Å². The van der Waals surface area contributed by atoms with E-state index in [1.165, 1.54) is 6.92 Å². The maximum absolute atomic E-state index is 13.1. The summed E-state index contributed by atoms with van der Waals surface area (Å²) in [6, 6.07) is 9.38. The number of aryl methyl sites for hydroxylation is 1. The molecule has 0 bridgehead atoms. The van der Waals surface area contributed by atoms with E-state index < -0.39 is 0 Å². The van der Waals surface area contributed by atoms with Crippen LogP contribution in [0.25, 0.3) is 0 Å². The molecule has 0 fully saturated rings. The smallest absolute Gasteiger partial charge is 0.242 e. The minimum absolute atomic E-state index is 0.0394. The molecule has 1 aromatic heterocycles. The Hall–Kier alpha value is -2.96. The Labute approximate surface area is 171 Å². The van der Waals surface area contributed by atoms with Gasteiger partial charge in [0.05, 0.1) is 13.1 Å². The van der Waals surface area contributed by atoms with E-state index in [0.717, 1.165) is 11.3 Å². The largest absolute Gasteiger partial charge is 0.464 e. The molecule has 0 N–H and O–H groups in total. The summed E-state index contributed by atoms with van der Waals surface area (Å²) in [5.41, 5.74) is 0.920. The number of hydrogen-bond donors (Lipinski definition) is 0. The average molecular weight is 400 g/mol. The summed E-state index contributed by atoms with van der Waals surface area (Å²) in [5.74, 6) is 2.91. The summed E-state index contributed by atoms with van der Waals surface area (Å²) in [6.45, 7) is 8.90. The van der Waals surface area contributed by atoms with E-state index in [-0.39, 0.29) is 31.1 Å². The van der Waals surface area contributed by atoms with Crippen LogP contribution < -0.4 is 9.47 Å². The zero-order valence-corrected chi connectivity index (χ0v) is 17.4. The highest BCUT2D eigenvalue weighted by Gasteiger charge is 2.22. The summed E-state index contributed by atoms with van der Waals surface area (Å²) in [6.07, 6.45) is 0. The van der Waals surface area contributed by atoms with Crippen LogP contribution in [0.5, 0.6) is 11.5 Å². The number of ether oxygens (including phenoxy) is 2. The summed E-state index contributed by atoms with van der Waals surface area (Å²) in [5, 5.41) is 0. The second kappa shape index (κ2) is 9.03. The summed E-state index contributed by atoms with van der Waals surface area (Å²) >= 11 is 0. The maximum Gasteiger partial charge on any atom is 0.242 e. The van der Waals surface area contributed by atoms with Crippen LogP contribution in [0.15, 0.2) is 34.7 Å². The zero-order chi connectivity index (χ0) is 21.0. The van der Waals surface area contributed by atoms with Crippen LogP contribution in [-0.4, -0.2) is 41.5 Å². The Bertz CT molecular complexity index is 874. The first kappa shape index (κ1) is 20.8. The molecule has 3 rings (SSSR count). The van der Waals surface area contributed by atoms with Gasteiger partial charge in [-0.25, -0.2) is 0 Å². The zero-order valence-electron chi connectivity index (χ0n) is 17.4. The van der Waals surface area contributed by atoms with Crippen molar-refractivity contribution in [2.24, 2.45) is 5.92 Å². The van der Waals surface area contributed by atoms with Gasteiger partial charge in [-0.15, -0.1) is 0 Å². The van der Waals surface area contributed by atoms with Gasteiger partial charge in [-0.3, -0.25) is 9.59 Å². The fraction of sp³-hybridized carbons (Fsp3) is 0.455. The molecule has 0 saturated heterocycles. The van der Waals surface area contributed by atoms with Crippen molar-refractivity contribution in [1.82, 2.24) is 9.80 Å². The molecule has 156 valence electrons. The monoisotopic (exact) mass is 400 g/mol. The Morgan fingerprint density at radius 3 is 2.45 bits per heavy atom. The lowest BCUT2D eigenvalue weighted by atomic mass is 10.1. The van der Waals surface area contributed by atoms with Crippen molar-refractivity contribution in [1.29, 1.82) is 0 Å². The Morgan fingerprint density at radius 1 is 1.03 bits per heavy atom. The Morgan fingerprint density at radius 2 is 1.79 bits per heavy atom. The summed E-state index contributed by atoms with van der Waals surface area (Å²) < 4.78 is 16.5. The van der Waals surface area contributed by atoms with E-state index in [1.54, 1.807) is 9.80 Å². The fourth-order valence-corrected chi connectivity index (χ4v) is 3.26. The van der Waals surface area contributed by atoms with Crippen LogP contribution in [-0.2, 0) is 22.7 Å². The highest BCUT2D eigenvalue weighted by atomic mass is 16.7. The third-order valence-electron chi connectivity index (χ3n) is 4.66. The molecule has 7 heteroatoms. The SMILES string of the molecule is CC(=O)N(CC(=O)N(Cc1ccc2c(c1)OCO2)Cc1ccc(C)o1)CC(C)C. The van der Waals surface area contributed by atoms with Gasteiger partial charge in [0, 0.05) is 20.0 Å². The second-order valence-corrected chi connectivity index (χ2v) is 7.74. The van der Waals surface area contributed by atoms with Gasteiger partial charge >= 0.3 is 0 Å². The Kier molecular flexibility index (Phi) is 6.46. The minimum atomic E-state index is -0.132. The summed E-state index contributed by atoms with van der Waals surface area (Å²) in [7, 11) is 0. The van der Waals surface area contributed by atoms with Gasteiger partial charge in [-0.1, -0.05) is 19.9 Å². The number of benzene rings is 1. The molecular formula is C22H28N2O5. The highest BCUT2D eigenvalue weighted by molar-refractivity contribution is 5.83. The van der Waals surface area contributed by atoms with Crippen LogP contribution in [0.2, 0.25) is 0 Å². The molecule has 0 saturated carbocycles. The van der Waals surface area contributed by atoms with E-state index in [2.05, 4.69) is 0 Å². The predicted octanol–water partition coefficient (Wildman–Crippen LogP) is 3.35. The number of carbonyl (C=O) groups is 2. The third kappa shape index (κ3) is 5.53. The first-order chi connectivity index (χ1) is 13.8. The molecule has 0 spiro atoms. The van der Waals surface area contributed by atoms with Gasteiger partial charge in [0.15, 0.2) is 11.5 Å². The van der Waals surface area contributed by atoms with Crippen molar-refractivity contribution in [3.63, 3.8) is 0 Å². The molecular weight excluding hydrogens is 372 g/mol. The van der Waals surface area contributed by atoms with Crippen LogP contribution in [0.3, 0.4) is 0 Å². The molecule has 0 unspecified atom stereocenters. The van der Waals surface area contributed by atoms with Gasteiger partial charge in [0.2, 0.25) is 18.6 Å². The van der Waals surface area contributed by atoms with Crippen molar-refractivity contribution in [3.05, 3.63) is 47.4 Å². The second-order valence-electron chi connectivity index (χ2n) is 7.74. The van der Waals surface area contributed by atoms with Crippen LogP contribution in [0.1, 0.15) is 37.9 Å². The van der Waals surface area contributed by atoms with Crippen LogP contribution in [0, 0.1) is 12.8 Å². The molecule has 0 atom stereocenters. The van der Waals surface area contributed by atoms with Crippen molar-refractivity contribution in [3.8, 4) is 11.5 Å². The van der Waals surface area contributed by atoms with E-state index in [0.29, 0.717) is 36.9 Å². The number of nitrogens with zero attached hydrogens (tertiary/aromatic N) is 2. The first-order valence-electron chi connectivity index (χ1n) is 9.79. The summed E-state index contributed by atoms with van der Waals surface area (Å²) in [4.78, 5) is 28.4. The highest BCUT2D eigenvalue weighted by Crippen LogP contribution is 2.33. The predicted molar refractivity (Wildman–Crippen MR) is 107 cm³/mol. The van der Waals surface area contributed by atoms with E-state index >= 15 is 0 Å². The number of hydrogen-bond acceptors (Lipinski definition) is 5. The van der Waals surface area contributed by atoms with Crippen molar-refractivity contribution in [2.75, 3.05) is 19.9 Å². The number of furan rings is 1. The minimum Gasteiger partial charge on any atom is -0.464 e. The lowest BCUT2D eigenvalue weighted by Crippen LogP contribution is -2.43. The first-order valence-corrected chi connectivity index (χ1v) is 9.79. The molecule has 1 aliphatic rings. The lowest BCUT2D eigenvalue weighted by Gasteiger charge is -2.27. The van der Waals surface area contributed by atoms with Gasteiger partial charge in [0.25, 0.3) is 0 Å². The number of carbonyl (C=O) groups excluding carboxylic acids is 2. The number of rotatable bonds is 8. The number of amides is 2. The molecule has 2 amide bonds. The fourth-order valence-electron chi connectivity index (χ4n) is 3.26. The molecule has 1 aliphatic heterocycles. The standard InChI is InChI=1S/C22H28N2O5/c1-15(2)10-23(17(4)25)13-22(26)24(12-19-7-5-16(3)29-19)11-18-6-8-20-21(9-18)28-14-27-20/h5-9,15H,10-14H2,1-4H3. The van der Waals surface area contributed by atoms with E-state index in [9.17, 15) is 9.59 Å².